The molecular weight excluding hydrogens is 374 g/mol. The number of rotatable bonds is 3. The predicted molar refractivity (Wildman–Crippen MR) is 132 cm³/mol. The molecule has 31 heavy (non-hydrogen) atoms. The third-order valence-electron chi connectivity index (χ3n) is 6.01. The summed E-state index contributed by atoms with van der Waals surface area (Å²) in [5.41, 5.74) is 9.74. The van der Waals surface area contributed by atoms with Gasteiger partial charge in [-0.05, 0) is 52.1 Å². The van der Waals surface area contributed by atoms with E-state index in [2.05, 4.69) is 126 Å². The summed E-state index contributed by atoms with van der Waals surface area (Å²) in [5, 5.41) is 2.51. The van der Waals surface area contributed by atoms with E-state index >= 15 is 0 Å². The molecule has 1 N–H and O–H groups in total. The van der Waals surface area contributed by atoms with Gasteiger partial charge >= 0.3 is 0 Å². The Hall–Kier alpha value is -4.10. The fourth-order valence-electron chi connectivity index (χ4n) is 4.45. The van der Waals surface area contributed by atoms with Crippen LogP contribution in [0.5, 0.6) is 0 Å². The van der Waals surface area contributed by atoms with E-state index < -0.39 is 0 Å². The molecule has 0 amide bonds. The Morgan fingerprint density at radius 1 is 0.387 bits per heavy atom. The number of benzene rings is 5. The molecule has 1 heteroatoms. The molecule has 0 bridgehead atoms. The topological polar surface area (TPSA) is 15.8 Å². The maximum Gasteiger partial charge on any atom is 0.0544 e. The summed E-state index contributed by atoms with van der Waals surface area (Å²) in [4.78, 5) is 3.70. The molecule has 0 saturated carbocycles. The molecule has 6 aromatic rings. The first-order chi connectivity index (χ1) is 15.4. The van der Waals surface area contributed by atoms with Gasteiger partial charge in [-0.15, -0.1) is 0 Å². The van der Waals surface area contributed by atoms with Crippen molar-refractivity contribution in [3.05, 3.63) is 121 Å². The van der Waals surface area contributed by atoms with Gasteiger partial charge in [-0.2, -0.15) is 0 Å². The molecular formula is C30H21N. The molecule has 1 heterocycles. The monoisotopic (exact) mass is 395 g/mol. The summed E-state index contributed by atoms with van der Waals surface area (Å²) in [5.74, 6) is 0. The van der Waals surface area contributed by atoms with Crippen molar-refractivity contribution in [2.75, 3.05) is 0 Å². The van der Waals surface area contributed by atoms with Crippen molar-refractivity contribution in [3.8, 4) is 33.4 Å². The second-order valence-corrected chi connectivity index (χ2v) is 7.93. The second kappa shape index (κ2) is 7.30. The minimum atomic E-state index is 1.16. The van der Waals surface area contributed by atoms with E-state index in [4.69, 9.17) is 0 Å². The smallest absolute Gasteiger partial charge is 0.0544 e. The maximum absolute atomic E-state index is 3.70. The van der Waals surface area contributed by atoms with Gasteiger partial charge in [0.05, 0.1) is 5.52 Å². The summed E-state index contributed by atoms with van der Waals surface area (Å²) in [6.07, 6.45) is 0. The molecule has 6 rings (SSSR count). The average Bonchev–Trinajstić information content (AvgIpc) is 3.23. The van der Waals surface area contributed by atoms with Crippen molar-refractivity contribution < 1.29 is 0 Å². The van der Waals surface area contributed by atoms with Crippen LogP contribution in [0.2, 0.25) is 0 Å². The molecule has 0 aliphatic heterocycles. The van der Waals surface area contributed by atoms with E-state index in [0.29, 0.717) is 0 Å². The van der Waals surface area contributed by atoms with Crippen LogP contribution < -0.4 is 0 Å². The molecule has 1 aromatic heterocycles. The highest BCUT2D eigenvalue weighted by Crippen LogP contribution is 2.38. The quantitative estimate of drug-likeness (QED) is 0.310. The van der Waals surface area contributed by atoms with E-state index in [1.165, 1.54) is 49.7 Å². The zero-order valence-electron chi connectivity index (χ0n) is 17.0. The molecule has 0 saturated heterocycles. The molecule has 5 aromatic carbocycles. The van der Waals surface area contributed by atoms with Gasteiger partial charge in [-0.1, -0.05) is 97.1 Å². The van der Waals surface area contributed by atoms with Gasteiger partial charge in [-0.3, -0.25) is 0 Å². The van der Waals surface area contributed by atoms with Gasteiger partial charge in [-0.25, -0.2) is 0 Å². The molecule has 0 spiro atoms. The molecule has 0 radical (unpaired) electrons. The van der Waals surface area contributed by atoms with Crippen molar-refractivity contribution in [1.82, 2.24) is 4.98 Å². The minimum Gasteiger partial charge on any atom is -0.354 e. The Morgan fingerprint density at radius 2 is 0.935 bits per heavy atom. The molecule has 1 nitrogen and oxygen atoms in total. The number of aromatic nitrogens is 1. The summed E-state index contributed by atoms with van der Waals surface area (Å²) in [7, 11) is 0. The molecule has 0 aliphatic carbocycles. The van der Waals surface area contributed by atoms with Crippen molar-refractivity contribution in [3.63, 3.8) is 0 Å². The van der Waals surface area contributed by atoms with E-state index in [-0.39, 0.29) is 0 Å². The first kappa shape index (κ1) is 17.7. The lowest BCUT2D eigenvalue weighted by atomic mass is 9.95. The van der Waals surface area contributed by atoms with Gasteiger partial charge in [0.1, 0.15) is 0 Å². The molecule has 146 valence electrons. The normalized spacial score (nSPS) is 11.2. The van der Waals surface area contributed by atoms with Crippen LogP contribution in [-0.4, -0.2) is 4.98 Å². The van der Waals surface area contributed by atoms with Gasteiger partial charge < -0.3 is 4.98 Å². The van der Waals surface area contributed by atoms with Crippen molar-refractivity contribution in [1.29, 1.82) is 0 Å². The zero-order chi connectivity index (χ0) is 20.6. The Morgan fingerprint density at radius 3 is 1.58 bits per heavy atom. The molecule has 0 aliphatic rings. The second-order valence-electron chi connectivity index (χ2n) is 7.93. The fourth-order valence-corrected chi connectivity index (χ4v) is 4.45. The first-order valence-corrected chi connectivity index (χ1v) is 10.6. The third-order valence-corrected chi connectivity index (χ3v) is 6.01. The number of fused-ring (bicyclic) bond motifs is 3. The van der Waals surface area contributed by atoms with Crippen LogP contribution in [0.25, 0.3) is 55.2 Å². The van der Waals surface area contributed by atoms with E-state index in [0.717, 1.165) is 5.52 Å². The first-order valence-electron chi connectivity index (χ1n) is 10.6. The van der Waals surface area contributed by atoms with Gasteiger partial charge in [0.15, 0.2) is 0 Å². The molecule has 0 fully saturated rings. The number of H-pyrrole nitrogens is 1. The van der Waals surface area contributed by atoms with Crippen molar-refractivity contribution in [2.45, 2.75) is 0 Å². The highest BCUT2D eigenvalue weighted by molar-refractivity contribution is 6.14. The maximum atomic E-state index is 3.70. The highest BCUT2D eigenvalue weighted by atomic mass is 14.7. The number of aromatic amines is 1. The lowest BCUT2D eigenvalue weighted by Gasteiger charge is -2.09. The Balaban J connectivity index is 1.67. The number of hydrogen-bond donors (Lipinski definition) is 1. The summed E-state index contributed by atoms with van der Waals surface area (Å²) >= 11 is 0. The van der Waals surface area contributed by atoms with Crippen LogP contribution in [0.1, 0.15) is 0 Å². The van der Waals surface area contributed by atoms with Crippen LogP contribution in [0.4, 0.5) is 0 Å². The number of nitrogens with one attached hydrogen (secondary N) is 1. The number of hydrogen-bond acceptors (Lipinski definition) is 0. The molecule has 0 unspecified atom stereocenters. The summed E-state index contributed by atoms with van der Waals surface area (Å²) in [6, 6.07) is 43.2. The Bertz CT molecular complexity index is 1490. The lowest BCUT2D eigenvalue weighted by Crippen LogP contribution is -1.84. The SMILES string of the molecule is c1ccc(-c2ccc3[nH]c4c(-c5ccccc5)cc(-c5ccccc5)cc4c3c2)cc1. The Kier molecular flexibility index (Phi) is 4.18. The summed E-state index contributed by atoms with van der Waals surface area (Å²) < 4.78 is 0. The van der Waals surface area contributed by atoms with Crippen LogP contribution in [0, 0.1) is 0 Å². The lowest BCUT2D eigenvalue weighted by molar-refractivity contribution is 1.53. The standard InChI is InChI=1S/C30H21N/c1-4-10-21(11-5-1)24-16-17-29-27(18-24)28-20-25(22-12-6-2-7-13-22)19-26(30(28)31-29)23-14-8-3-9-15-23/h1-20,31H. The van der Waals surface area contributed by atoms with Crippen LogP contribution in [-0.2, 0) is 0 Å². The van der Waals surface area contributed by atoms with Crippen LogP contribution >= 0.6 is 0 Å². The predicted octanol–water partition coefficient (Wildman–Crippen LogP) is 8.32. The highest BCUT2D eigenvalue weighted by Gasteiger charge is 2.13. The average molecular weight is 396 g/mol. The van der Waals surface area contributed by atoms with Crippen molar-refractivity contribution in [2.24, 2.45) is 0 Å². The van der Waals surface area contributed by atoms with Crippen LogP contribution in [0.15, 0.2) is 121 Å². The molecule has 0 atom stereocenters. The Labute approximate surface area is 181 Å². The van der Waals surface area contributed by atoms with E-state index in [1.54, 1.807) is 0 Å². The van der Waals surface area contributed by atoms with Crippen LogP contribution in [0.3, 0.4) is 0 Å². The van der Waals surface area contributed by atoms with Crippen molar-refractivity contribution >= 4 is 21.8 Å². The van der Waals surface area contributed by atoms with E-state index in [1.807, 2.05) is 0 Å². The fraction of sp³-hybridized carbons (Fsp3) is 0. The van der Waals surface area contributed by atoms with Gasteiger partial charge in [0, 0.05) is 21.9 Å². The summed E-state index contributed by atoms with van der Waals surface area (Å²) in [6.45, 7) is 0. The minimum absolute atomic E-state index is 1.16. The van der Waals surface area contributed by atoms with E-state index in [9.17, 15) is 0 Å². The third kappa shape index (κ3) is 3.12. The van der Waals surface area contributed by atoms with Gasteiger partial charge in [0.25, 0.3) is 0 Å². The zero-order valence-corrected chi connectivity index (χ0v) is 17.0. The van der Waals surface area contributed by atoms with Gasteiger partial charge in [0.2, 0.25) is 0 Å². The largest absolute Gasteiger partial charge is 0.354 e.